The van der Waals surface area contributed by atoms with Crippen LogP contribution in [0, 0.1) is 0 Å². The highest BCUT2D eigenvalue weighted by Crippen LogP contribution is 2.21. The molecule has 0 saturated carbocycles. The monoisotopic (exact) mass is 244 g/mol. The number of hydrogen-bond donors (Lipinski definition) is 1. The van der Waals surface area contributed by atoms with E-state index in [1.807, 2.05) is 37.3 Å². The number of pyridine rings is 1. The Hall–Kier alpha value is -2.23. The molecule has 18 heavy (non-hydrogen) atoms. The summed E-state index contributed by atoms with van der Waals surface area (Å²) < 4.78 is 6.93. The van der Waals surface area contributed by atoms with Crippen LogP contribution in [0.3, 0.4) is 0 Å². The van der Waals surface area contributed by atoms with Gasteiger partial charge in [0.15, 0.2) is 0 Å². The molecule has 0 radical (unpaired) electrons. The molecule has 0 fully saturated rings. The van der Waals surface area contributed by atoms with E-state index >= 15 is 0 Å². The average Bonchev–Trinajstić information content (AvgIpc) is 2.38. The summed E-state index contributed by atoms with van der Waals surface area (Å²) in [6.07, 6.45) is 0. The molecule has 2 rings (SSSR count). The summed E-state index contributed by atoms with van der Waals surface area (Å²) in [5.41, 5.74) is 7.44. The number of aromatic nitrogens is 1. The first-order valence-corrected chi connectivity index (χ1v) is 5.82. The maximum atomic E-state index is 11.7. The van der Waals surface area contributed by atoms with E-state index in [0.29, 0.717) is 6.61 Å². The second kappa shape index (κ2) is 4.96. The molecule has 0 aliphatic rings. The minimum absolute atomic E-state index is 0.179. The van der Waals surface area contributed by atoms with Crippen molar-refractivity contribution in [3.05, 3.63) is 46.8 Å². The standard InChI is InChI=1S/C14H16N2O2/c1-3-18-11-6-4-10(5-7-11)13-9-8-12(15)14(17)16(13)2/h4-9H,3,15H2,1-2H3. The fraction of sp³-hybridized carbons (Fsp3) is 0.214. The number of nitrogen functional groups attached to an aromatic ring is 1. The third kappa shape index (κ3) is 2.22. The zero-order valence-electron chi connectivity index (χ0n) is 10.5. The molecule has 0 bridgehead atoms. The summed E-state index contributed by atoms with van der Waals surface area (Å²) in [6.45, 7) is 2.58. The minimum Gasteiger partial charge on any atom is -0.494 e. The van der Waals surface area contributed by atoms with Gasteiger partial charge in [0.2, 0.25) is 0 Å². The second-order valence-corrected chi connectivity index (χ2v) is 4.00. The maximum absolute atomic E-state index is 11.7. The van der Waals surface area contributed by atoms with E-state index in [1.54, 1.807) is 17.7 Å². The first kappa shape index (κ1) is 12.2. The van der Waals surface area contributed by atoms with Crippen molar-refractivity contribution in [1.82, 2.24) is 4.57 Å². The van der Waals surface area contributed by atoms with Gasteiger partial charge in [0.25, 0.3) is 5.56 Å². The Labute approximate surface area is 106 Å². The highest BCUT2D eigenvalue weighted by molar-refractivity contribution is 5.62. The van der Waals surface area contributed by atoms with Crippen LogP contribution in [0.2, 0.25) is 0 Å². The Kier molecular flexibility index (Phi) is 3.37. The highest BCUT2D eigenvalue weighted by Gasteiger charge is 2.05. The Morgan fingerprint density at radius 3 is 2.44 bits per heavy atom. The van der Waals surface area contributed by atoms with E-state index in [2.05, 4.69) is 0 Å². The van der Waals surface area contributed by atoms with Crippen LogP contribution >= 0.6 is 0 Å². The van der Waals surface area contributed by atoms with Gasteiger partial charge >= 0.3 is 0 Å². The van der Waals surface area contributed by atoms with Gasteiger partial charge in [-0.15, -0.1) is 0 Å². The van der Waals surface area contributed by atoms with Crippen molar-refractivity contribution < 1.29 is 4.74 Å². The number of hydrogen-bond acceptors (Lipinski definition) is 3. The molecule has 0 unspecified atom stereocenters. The Balaban J connectivity index is 2.43. The average molecular weight is 244 g/mol. The molecule has 1 aromatic heterocycles. The summed E-state index contributed by atoms with van der Waals surface area (Å²) in [4.78, 5) is 11.7. The second-order valence-electron chi connectivity index (χ2n) is 4.00. The smallest absolute Gasteiger partial charge is 0.273 e. The predicted octanol–water partition coefficient (Wildman–Crippen LogP) is 2.03. The van der Waals surface area contributed by atoms with E-state index in [-0.39, 0.29) is 11.2 Å². The Morgan fingerprint density at radius 1 is 1.17 bits per heavy atom. The molecule has 4 heteroatoms. The summed E-state index contributed by atoms with van der Waals surface area (Å²) in [7, 11) is 1.71. The van der Waals surface area contributed by atoms with Gasteiger partial charge in [0, 0.05) is 7.05 Å². The van der Waals surface area contributed by atoms with Crippen molar-refractivity contribution >= 4 is 5.69 Å². The number of ether oxygens (including phenoxy) is 1. The van der Waals surface area contributed by atoms with Gasteiger partial charge in [-0.05, 0) is 48.9 Å². The lowest BCUT2D eigenvalue weighted by molar-refractivity contribution is 0.340. The largest absolute Gasteiger partial charge is 0.494 e. The van der Waals surface area contributed by atoms with Gasteiger partial charge in [0.1, 0.15) is 5.75 Å². The fourth-order valence-electron chi connectivity index (χ4n) is 1.83. The normalized spacial score (nSPS) is 10.3. The number of nitrogens with two attached hydrogens (primary N) is 1. The van der Waals surface area contributed by atoms with Crippen LogP contribution in [-0.4, -0.2) is 11.2 Å². The molecule has 2 N–H and O–H groups in total. The lowest BCUT2D eigenvalue weighted by atomic mass is 10.1. The third-order valence-corrected chi connectivity index (χ3v) is 2.79. The van der Waals surface area contributed by atoms with E-state index in [4.69, 9.17) is 10.5 Å². The quantitative estimate of drug-likeness (QED) is 0.898. The van der Waals surface area contributed by atoms with E-state index in [1.165, 1.54) is 0 Å². The zero-order valence-corrected chi connectivity index (χ0v) is 10.5. The first-order valence-electron chi connectivity index (χ1n) is 5.82. The molecule has 2 aromatic rings. The lowest BCUT2D eigenvalue weighted by Gasteiger charge is -2.10. The highest BCUT2D eigenvalue weighted by atomic mass is 16.5. The van der Waals surface area contributed by atoms with E-state index < -0.39 is 0 Å². The van der Waals surface area contributed by atoms with Gasteiger partial charge in [-0.25, -0.2) is 0 Å². The number of anilines is 1. The van der Waals surface area contributed by atoms with Gasteiger partial charge in [-0.3, -0.25) is 4.79 Å². The van der Waals surface area contributed by atoms with Crippen LogP contribution in [0.5, 0.6) is 5.75 Å². The molecular formula is C14H16N2O2. The molecule has 0 saturated heterocycles. The molecule has 0 aliphatic heterocycles. The van der Waals surface area contributed by atoms with Crippen molar-refractivity contribution in [2.24, 2.45) is 7.05 Å². The van der Waals surface area contributed by atoms with Crippen LogP contribution in [-0.2, 0) is 7.05 Å². The number of rotatable bonds is 3. The van der Waals surface area contributed by atoms with Crippen LogP contribution in [0.1, 0.15) is 6.92 Å². The van der Waals surface area contributed by atoms with Crippen LogP contribution in [0.15, 0.2) is 41.2 Å². The molecule has 0 spiro atoms. The predicted molar refractivity (Wildman–Crippen MR) is 72.7 cm³/mol. The van der Waals surface area contributed by atoms with Crippen LogP contribution in [0.25, 0.3) is 11.3 Å². The first-order chi connectivity index (χ1) is 8.63. The fourth-order valence-corrected chi connectivity index (χ4v) is 1.83. The van der Waals surface area contributed by atoms with Gasteiger partial charge in [-0.2, -0.15) is 0 Å². The third-order valence-electron chi connectivity index (χ3n) is 2.79. The van der Waals surface area contributed by atoms with Gasteiger partial charge in [-0.1, -0.05) is 0 Å². The van der Waals surface area contributed by atoms with E-state index in [9.17, 15) is 4.79 Å². The molecule has 0 aliphatic carbocycles. The lowest BCUT2D eigenvalue weighted by Crippen LogP contribution is -2.21. The van der Waals surface area contributed by atoms with Gasteiger partial charge in [0.05, 0.1) is 18.0 Å². The summed E-state index contributed by atoms with van der Waals surface area (Å²) in [5, 5.41) is 0. The molecule has 4 nitrogen and oxygen atoms in total. The van der Waals surface area contributed by atoms with Crippen molar-refractivity contribution in [2.75, 3.05) is 12.3 Å². The Morgan fingerprint density at radius 2 is 1.83 bits per heavy atom. The van der Waals surface area contributed by atoms with Crippen molar-refractivity contribution in [3.8, 4) is 17.0 Å². The molecular weight excluding hydrogens is 228 g/mol. The molecule has 1 heterocycles. The topological polar surface area (TPSA) is 57.2 Å². The molecule has 0 atom stereocenters. The van der Waals surface area contributed by atoms with Gasteiger partial charge < -0.3 is 15.0 Å². The molecule has 94 valence electrons. The number of nitrogens with zero attached hydrogens (tertiary/aromatic N) is 1. The van der Waals surface area contributed by atoms with Crippen molar-refractivity contribution in [1.29, 1.82) is 0 Å². The minimum atomic E-state index is -0.179. The van der Waals surface area contributed by atoms with Crippen molar-refractivity contribution in [3.63, 3.8) is 0 Å². The summed E-state index contributed by atoms with van der Waals surface area (Å²) in [5.74, 6) is 0.821. The zero-order chi connectivity index (χ0) is 13.1. The molecule has 0 amide bonds. The Bertz CT molecular complexity index is 600. The maximum Gasteiger partial charge on any atom is 0.273 e. The van der Waals surface area contributed by atoms with E-state index in [0.717, 1.165) is 17.0 Å². The van der Waals surface area contributed by atoms with Crippen molar-refractivity contribution in [2.45, 2.75) is 6.92 Å². The SMILES string of the molecule is CCOc1ccc(-c2ccc(N)c(=O)n2C)cc1. The van der Waals surface area contributed by atoms with Crippen LogP contribution < -0.4 is 16.0 Å². The molecule has 1 aromatic carbocycles. The number of benzene rings is 1. The van der Waals surface area contributed by atoms with Crippen LogP contribution in [0.4, 0.5) is 5.69 Å². The summed E-state index contributed by atoms with van der Waals surface area (Å²) >= 11 is 0. The summed E-state index contributed by atoms with van der Waals surface area (Å²) in [6, 6.07) is 11.1.